The Kier molecular flexibility index (Phi) is 2.88. The van der Waals surface area contributed by atoms with E-state index < -0.39 is 0 Å². The van der Waals surface area contributed by atoms with E-state index in [1.54, 1.807) is 0 Å². The average Bonchev–Trinajstić information content (AvgIpc) is 3.11. The maximum absolute atomic E-state index is 5.65. The van der Waals surface area contributed by atoms with E-state index in [1.165, 1.54) is 11.3 Å². The Morgan fingerprint density at radius 2 is 2.29 bits per heavy atom. The fourth-order valence-electron chi connectivity index (χ4n) is 2.97. The third-order valence-electron chi connectivity index (χ3n) is 4.03. The van der Waals surface area contributed by atoms with Gasteiger partial charge in [0.25, 0.3) is 0 Å². The van der Waals surface area contributed by atoms with Gasteiger partial charge in [-0.1, -0.05) is 13.0 Å². The minimum absolute atomic E-state index is 0.288. The Hall–Kier alpha value is -2.36. The molecule has 0 radical (unpaired) electrons. The van der Waals surface area contributed by atoms with Crippen molar-refractivity contribution in [3.63, 3.8) is 0 Å². The second kappa shape index (κ2) is 4.88. The highest BCUT2D eigenvalue weighted by Gasteiger charge is 2.23. The molecule has 1 aliphatic carbocycles. The van der Waals surface area contributed by atoms with Gasteiger partial charge in [-0.15, -0.1) is 0 Å². The third-order valence-corrected chi connectivity index (χ3v) is 4.03. The first-order valence-corrected chi connectivity index (χ1v) is 7.43. The summed E-state index contributed by atoms with van der Waals surface area (Å²) in [6.45, 7) is 2.05. The van der Waals surface area contributed by atoms with Gasteiger partial charge in [-0.2, -0.15) is 0 Å². The zero-order chi connectivity index (χ0) is 14.2. The molecular weight excluding hydrogens is 262 g/mol. The third kappa shape index (κ3) is 2.17. The number of hydrogen-bond donors (Lipinski definition) is 1. The second-order valence-corrected chi connectivity index (χ2v) is 5.43. The molecule has 4 heteroatoms. The molecule has 2 heterocycles. The fraction of sp³-hybridized carbons (Fsp3) is 0.294. The van der Waals surface area contributed by atoms with Gasteiger partial charge in [0, 0.05) is 18.3 Å². The number of anilines is 1. The number of fused-ring (bicyclic) bond motifs is 2. The summed E-state index contributed by atoms with van der Waals surface area (Å²) in [7, 11) is 0. The van der Waals surface area contributed by atoms with Crippen molar-refractivity contribution >= 4 is 16.8 Å². The molecule has 0 saturated heterocycles. The lowest BCUT2D eigenvalue weighted by molar-refractivity contribution is 0.538. The summed E-state index contributed by atoms with van der Waals surface area (Å²) in [6, 6.07) is 10.6. The summed E-state index contributed by atoms with van der Waals surface area (Å²) < 4.78 is 5.65. The molecule has 0 spiro atoms. The molecule has 0 fully saturated rings. The van der Waals surface area contributed by atoms with Gasteiger partial charge in [-0.25, -0.2) is 4.98 Å². The van der Waals surface area contributed by atoms with Gasteiger partial charge in [0.2, 0.25) is 0 Å². The Morgan fingerprint density at radius 1 is 1.33 bits per heavy atom. The Morgan fingerprint density at radius 3 is 3.19 bits per heavy atom. The average molecular weight is 279 g/mol. The summed E-state index contributed by atoms with van der Waals surface area (Å²) in [4.78, 5) is 9.01. The van der Waals surface area contributed by atoms with Gasteiger partial charge in [0.05, 0.1) is 11.7 Å². The van der Waals surface area contributed by atoms with Gasteiger partial charge in [-0.05, 0) is 42.7 Å². The number of nitrogens with one attached hydrogen (secondary N) is 1. The van der Waals surface area contributed by atoms with E-state index in [9.17, 15) is 0 Å². The number of nitrogens with zero attached hydrogens (tertiary/aromatic N) is 2. The van der Waals surface area contributed by atoms with Crippen LogP contribution in [0.25, 0.3) is 11.1 Å². The molecule has 1 atom stereocenters. The molecule has 1 N–H and O–H groups in total. The quantitative estimate of drug-likeness (QED) is 0.790. The van der Waals surface area contributed by atoms with E-state index in [-0.39, 0.29) is 6.04 Å². The molecule has 1 unspecified atom stereocenters. The smallest absolute Gasteiger partial charge is 0.195 e. The lowest BCUT2D eigenvalue weighted by Gasteiger charge is -2.14. The number of benzene rings is 1. The van der Waals surface area contributed by atoms with Crippen LogP contribution in [0.15, 0.2) is 40.9 Å². The summed E-state index contributed by atoms with van der Waals surface area (Å²) in [5, 5.41) is 3.57. The number of pyridine rings is 1. The molecule has 1 aliphatic rings. The summed E-state index contributed by atoms with van der Waals surface area (Å²) in [5.41, 5.74) is 5.36. The fourth-order valence-corrected chi connectivity index (χ4v) is 2.97. The monoisotopic (exact) mass is 279 g/mol. The highest BCUT2D eigenvalue weighted by Crippen LogP contribution is 2.32. The molecule has 106 valence electrons. The molecule has 4 nitrogen and oxygen atoms in total. The van der Waals surface area contributed by atoms with E-state index in [0.29, 0.717) is 0 Å². The number of oxazole rings is 1. The summed E-state index contributed by atoms with van der Waals surface area (Å²) in [6.07, 6.45) is 4.86. The van der Waals surface area contributed by atoms with Crippen LogP contribution in [0, 0.1) is 0 Å². The van der Waals surface area contributed by atoms with Crippen LogP contribution in [-0.4, -0.2) is 9.97 Å². The molecule has 0 saturated carbocycles. The minimum atomic E-state index is 0.288. The van der Waals surface area contributed by atoms with Gasteiger partial charge in [-0.3, -0.25) is 4.98 Å². The highest BCUT2D eigenvalue weighted by molar-refractivity contribution is 5.77. The molecular formula is C17H17N3O. The van der Waals surface area contributed by atoms with Crippen molar-refractivity contribution in [2.24, 2.45) is 0 Å². The Bertz CT molecular complexity index is 794. The molecule has 1 aromatic carbocycles. The van der Waals surface area contributed by atoms with E-state index >= 15 is 0 Å². The van der Waals surface area contributed by atoms with Crippen LogP contribution in [0.2, 0.25) is 0 Å². The Labute approximate surface area is 123 Å². The van der Waals surface area contributed by atoms with Gasteiger partial charge in [0.15, 0.2) is 11.5 Å². The number of aromatic nitrogens is 2. The van der Waals surface area contributed by atoms with E-state index in [2.05, 4.69) is 27.4 Å². The van der Waals surface area contributed by atoms with Crippen LogP contribution < -0.4 is 5.32 Å². The van der Waals surface area contributed by atoms with E-state index in [0.717, 1.165) is 41.9 Å². The number of aryl methyl sites for hydroxylation is 2. The van der Waals surface area contributed by atoms with Gasteiger partial charge in [0.1, 0.15) is 5.52 Å². The van der Waals surface area contributed by atoms with Gasteiger partial charge < -0.3 is 9.73 Å². The number of hydrogen-bond acceptors (Lipinski definition) is 4. The Balaban J connectivity index is 1.63. The molecule has 21 heavy (non-hydrogen) atoms. The summed E-state index contributed by atoms with van der Waals surface area (Å²) in [5.74, 6) is 0.787. The highest BCUT2D eigenvalue weighted by atomic mass is 16.3. The maximum Gasteiger partial charge on any atom is 0.195 e. The van der Waals surface area contributed by atoms with Crippen molar-refractivity contribution in [1.82, 2.24) is 9.97 Å². The summed E-state index contributed by atoms with van der Waals surface area (Å²) >= 11 is 0. The number of rotatable bonds is 3. The minimum Gasteiger partial charge on any atom is -0.441 e. The molecule has 3 aromatic rings. The molecule has 0 amide bonds. The van der Waals surface area contributed by atoms with Crippen LogP contribution in [0.5, 0.6) is 0 Å². The SMILES string of the molecule is CCc1nc2cc(NC3CCc4cccnc43)ccc2o1. The lowest BCUT2D eigenvalue weighted by atomic mass is 10.2. The van der Waals surface area contributed by atoms with Crippen LogP contribution in [-0.2, 0) is 12.8 Å². The van der Waals surface area contributed by atoms with E-state index in [1.807, 2.05) is 31.3 Å². The standard InChI is InChI=1S/C17H17N3O/c1-2-16-20-14-10-12(6-8-15(14)21-16)19-13-7-5-11-4-3-9-18-17(11)13/h3-4,6,8-10,13,19H,2,5,7H2,1H3. The molecule has 4 rings (SSSR count). The lowest BCUT2D eigenvalue weighted by Crippen LogP contribution is -2.08. The van der Waals surface area contributed by atoms with Crippen LogP contribution in [0.3, 0.4) is 0 Å². The predicted molar refractivity (Wildman–Crippen MR) is 82.3 cm³/mol. The van der Waals surface area contributed by atoms with Crippen molar-refractivity contribution in [3.05, 3.63) is 53.7 Å². The van der Waals surface area contributed by atoms with Crippen molar-refractivity contribution in [2.75, 3.05) is 5.32 Å². The molecule has 0 aliphatic heterocycles. The van der Waals surface area contributed by atoms with Crippen molar-refractivity contribution in [2.45, 2.75) is 32.2 Å². The topological polar surface area (TPSA) is 51.0 Å². The van der Waals surface area contributed by atoms with Crippen LogP contribution >= 0.6 is 0 Å². The van der Waals surface area contributed by atoms with Crippen LogP contribution in [0.4, 0.5) is 5.69 Å². The van der Waals surface area contributed by atoms with Crippen molar-refractivity contribution in [1.29, 1.82) is 0 Å². The predicted octanol–water partition coefficient (Wildman–Crippen LogP) is 3.88. The largest absolute Gasteiger partial charge is 0.441 e. The maximum atomic E-state index is 5.65. The van der Waals surface area contributed by atoms with E-state index in [4.69, 9.17) is 4.42 Å². The molecule has 2 aromatic heterocycles. The van der Waals surface area contributed by atoms with Crippen molar-refractivity contribution < 1.29 is 4.42 Å². The first kappa shape index (κ1) is 12.4. The zero-order valence-electron chi connectivity index (χ0n) is 12.0. The van der Waals surface area contributed by atoms with Crippen molar-refractivity contribution in [3.8, 4) is 0 Å². The molecule has 0 bridgehead atoms. The normalized spacial score (nSPS) is 17.1. The van der Waals surface area contributed by atoms with Gasteiger partial charge >= 0.3 is 0 Å². The second-order valence-electron chi connectivity index (χ2n) is 5.43. The first-order valence-electron chi connectivity index (χ1n) is 7.43. The zero-order valence-corrected chi connectivity index (χ0v) is 12.0. The van der Waals surface area contributed by atoms with Crippen LogP contribution in [0.1, 0.15) is 36.5 Å². The first-order chi connectivity index (χ1) is 10.3.